The lowest BCUT2D eigenvalue weighted by molar-refractivity contribution is 0.0432. The predicted molar refractivity (Wildman–Crippen MR) is 89.9 cm³/mol. The van der Waals surface area contributed by atoms with Gasteiger partial charge < -0.3 is 9.15 Å². The van der Waals surface area contributed by atoms with Gasteiger partial charge in [0.1, 0.15) is 6.07 Å². The first-order valence-corrected chi connectivity index (χ1v) is 8.21. The van der Waals surface area contributed by atoms with Gasteiger partial charge in [0.15, 0.2) is 6.61 Å². The Morgan fingerprint density at radius 2 is 1.88 bits per heavy atom. The molecule has 7 heteroatoms. The van der Waals surface area contributed by atoms with Gasteiger partial charge in [0.25, 0.3) is 5.89 Å². The highest BCUT2D eigenvalue weighted by Crippen LogP contribution is 2.32. The molecule has 2 aromatic carbocycles. The van der Waals surface area contributed by atoms with Crippen molar-refractivity contribution >= 4 is 17.7 Å². The van der Waals surface area contributed by atoms with Crippen molar-refractivity contribution in [1.29, 1.82) is 5.26 Å². The number of hydrogen-bond acceptors (Lipinski definition) is 7. The first-order valence-electron chi connectivity index (χ1n) is 7.39. The molecule has 0 fully saturated rings. The van der Waals surface area contributed by atoms with Gasteiger partial charge in [-0.05, 0) is 24.3 Å². The third-order valence-corrected chi connectivity index (χ3v) is 4.38. The first-order chi connectivity index (χ1) is 12.2. The molecule has 0 aliphatic rings. The van der Waals surface area contributed by atoms with E-state index in [-0.39, 0.29) is 12.5 Å². The van der Waals surface area contributed by atoms with Crippen LogP contribution in [0.1, 0.15) is 27.7 Å². The molecule has 1 aromatic heterocycles. The number of ether oxygens (including phenoxy) is 1. The fourth-order valence-electron chi connectivity index (χ4n) is 2.09. The molecule has 0 saturated carbocycles. The summed E-state index contributed by atoms with van der Waals surface area (Å²) < 4.78 is 10.4. The van der Waals surface area contributed by atoms with Crippen molar-refractivity contribution in [2.45, 2.75) is 23.3 Å². The van der Waals surface area contributed by atoms with Crippen LogP contribution in [0.25, 0.3) is 0 Å². The lowest BCUT2D eigenvalue weighted by atomic mass is 10.2. The van der Waals surface area contributed by atoms with E-state index in [4.69, 9.17) is 9.15 Å². The van der Waals surface area contributed by atoms with Crippen LogP contribution in [0.4, 0.5) is 0 Å². The summed E-state index contributed by atoms with van der Waals surface area (Å²) in [6.07, 6.45) is 0. The fraction of sp³-hybridized carbons (Fsp3) is 0.111. The number of rotatable bonds is 5. The third kappa shape index (κ3) is 4.05. The molecule has 0 amide bonds. The number of benzene rings is 2. The number of carbonyl (C=O) groups excluding carboxylic acids is 1. The van der Waals surface area contributed by atoms with E-state index >= 15 is 0 Å². The number of carbonyl (C=O) groups is 1. The van der Waals surface area contributed by atoms with Crippen LogP contribution >= 0.6 is 11.8 Å². The Bertz CT molecular complexity index is 946. The number of esters is 1. The quantitative estimate of drug-likeness (QED) is 0.647. The van der Waals surface area contributed by atoms with E-state index in [0.29, 0.717) is 21.9 Å². The second-order valence-corrected chi connectivity index (χ2v) is 6.08. The lowest BCUT2D eigenvalue weighted by Gasteiger charge is -2.09. The molecule has 25 heavy (non-hydrogen) atoms. The third-order valence-electron chi connectivity index (χ3n) is 3.23. The predicted octanol–water partition coefficient (Wildman–Crippen LogP) is 3.76. The summed E-state index contributed by atoms with van der Waals surface area (Å²) in [7, 11) is 0. The largest absolute Gasteiger partial charge is 0.452 e. The van der Waals surface area contributed by atoms with E-state index in [9.17, 15) is 10.1 Å². The molecule has 0 radical (unpaired) electrons. The summed E-state index contributed by atoms with van der Waals surface area (Å²) in [6, 6.07) is 16.5. The second kappa shape index (κ2) is 7.64. The zero-order chi connectivity index (χ0) is 17.6. The van der Waals surface area contributed by atoms with Gasteiger partial charge in [-0.1, -0.05) is 36.0 Å². The maximum atomic E-state index is 12.4. The molecule has 124 valence electrons. The highest BCUT2D eigenvalue weighted by Gasteiger charge is 2.16. The molecule has 3 aromatic rings. The van der Waals surface area contributed by atoms with Crippen molar-refractivity contribution in [1.82, 2.24) is 10.2 Å². The maximum Gasteiger partial charge on any atom is 0.339 e. The van der Waals surface area contributed by atoms with Crippen LogP contribution in [0.3, 0.4) is 0 Å². The van der Waals surface area contributed by atoms with Crippen LogP contribution in [0.5, 0.6) is 0 Å². The van der Waals surface area contributed by atoms with Gasteiger partial charge in [0.05, 0.1) is 11.1 Å². The first kappa shape index (κ1) is 16.7. The molecule has 0 N–H and O–H groups in total. The minimum atomic E-state index is -0.492. The van der Waals surface area contributed by atoms with Crippen LogP contribution < -0.4 is 0 Å². The molecule has 0 aliphatic carbocycles. The summed E-state index contributed by atoms with van der Waals surface area (Å²) in [5, 5.41) is 16.7. The van der Waals surface area contributed by atoms with Crippen LogP contribution in [-0.2, 0) is 11.3 Å². The molecular formula is C18H13N3O3S. The summed E-state index contributed by atoms with van der Waals surface area (Å²) >= 11 is 1.34. The van der Waals surface area contributed by atoms with Gasteiger partial charge in [0.2, 0.25) is 5.89 Å². The molecule has 3 rings (SSSR count). The van der Waals surface area contributed by atoms with Gasteiger partial charge >= 0.3 is 5.97 Å². The van der Waals surface area contributed by atoms with Crippen LogP contribution in [0.15, 0.2) is 62.7 Å². The minimum absolute atomic E-state index is 0.0898. The Balaban J connectivity index is 1.78. The van der Waals surface area contributed by atoms with Crippen molar-refractivity contribution < 1.29 is 13.9 Å². The highest BCUT2D eigenvalue weighted by atomic mass is 32.2. The van der Waals surface area contributed by atoms with Crippen molar-refractivity contribution in [2.24, 2.45) is 0 Å². The van der Waals surface area contributed by atoms with Gasteiger partial charge in [-0.2, -0.15) is 5.26 Å². The smallest absolute Gasteiger partial charge is 0.339 e. The average molecular weight is 351 g/mol. The zero-order valence-corrected chi connectivity index (χ0v) is 14.1. The molecule has 0 aliphatic heterocycles. The van der Waals surface area contributed by atoms with Gasteiger partial charge in [-0.15, -0.1) is 10.2 Å². The summed E-state index contributed by atoms with van der Waals surface area (Å²) in [4.78, 5) is 13.9. The SMILES string of the molecule is Cc1nnc(COC(=O)c2ccccc2Sc2ccccc2C#N)o1. The standard InChI is InChI=1S/C18H13N3O3S/c1-12-20-21-17(24-12)11-23-18(22)14-7-3-5-9-16(14)25-15-8-4-2-6-13(15)10-19/h2-9H,11H2,1H3. The normalized spacial score (nSPS) is 10.2. The molecule has 6 nitrogen and oxygen atoms in total. The van der Waals surface area contributed by atoms with E-state index < -0.39 is 5.97 Å². The molecule has 0 atom stereocenters. The van der Waals surface area contributed by atoms with E-state index in [1.807, 2.05) is 24.3 Å². The van der Waals surface area contributed by atoms with E-state index in [1.54, 1.807) is 31.2 Å². The lowest BCUT2D eigenvalue weighted by Crippen LogP contribution is -2.07. The fourth-order valence-corrected chi connectivity index (χ4v) is 3.11. The van der Waals surface area contributed by atoms with Crippen molar-refractivity contribution in [2.75, 3.05) is 0 Å². The van der Waals surface area contributed by atoms with Crippen molar-refractivity contribution in [3.8, 4) is 6.07 Å². The maximum absolute atomic E-state index is 12.4. The minimum Gasteiger partial charge on any atom is -0.452 e. The summed E-state index contributed by atoms with van der Waals surface area (Å²) in [5.74, 6) is 0.161. The number of nitriles is 1. The Labute approximate surface area is 148 Å². The molecule has 1 heterocycles. The Hall–Kier alpha value is -3.11. The molecular weight excluding hydrogens is 338 g/mol. The van der Waals surface area contributed by atoms with Gasteiger partial charge in [-0.3, -0.25) is 0 Å². The molecule has 0 unspecified atom stereocenters. The monoisotopic (exact) mass is 351 g/mol. The average Bonchev–Trinajstić information content (AvgIpc) is 3.06. The van der Waals surface area contributed by atoms with Crippen LogP contribution in [-0.4, -0.2) is 16.2 Å². The summed E-state index contributed by atoms with van der Waals surface area (Å²) in [5.41, 5.74) is 0.966. The molecule has 0 spiro atoms. The Morgan fingerprint density at radius 1 is 1.16 bits per heavy atom. The number of aromatic nitrogens is 2. The Kier molecular flexibility index (Phi) is 5.11. The van der Waals surface area contributed by atoms with Crippen molar-refractivity contribution in [3.63, 3.8) is 0 Å². The van der Waals surface area contributed by atoms with Gasteiger partial charge in [0, 0.05) is 16.7 Å². The summed E-state index contributed by atoms with van der Waals surface area (Å²) in [6.45, 7) is 1.57. The molecule has 0 bridgehead atoms. The highest BCUT2D eigenvalue weighted by molar-refractivity contribution is 7.99. The van der Waals surface area contributed by atoms with Crippen molar-refractivity contribution in [3.05, 3.63) is 71.4 Å². The van der Waals surface area contributed by atoms with E-state index in [2.05, 4.69) is 16.3 Å². The number of hydrogen-bond donors (Lipinski definition) is 0. The van der Waals surface area contributed by atoms with E-state index in [1.165, 1.54) is 11.8 Å². The molecule has 0 saturated heterocycles. The zero-order valence-electron chi connectivity index (χ0n) is 13.3. The van der Waals surface area contributed by atoms with Crippen LogP contribution in [0, 0.1) is 18.3 Å². The number of aryl methyl sites for hydroxylation is 1. The topological polar surface area (TPSA) is 89.0 Å². The van der Waals surface area contributed by atoms with E-state index in [0.717, 1.165) is 4.90 Å². The second-order valence-electron chi connectivity index (χ2n) is 5.00. The Morgan fingerprint density at radius 3 is 2.60 bits per heavy atom. The number of nitrogens with zero attached hydrogens (tertiary/aromatic N) is 3. The van der Waals surface area contributed by atoms with Gasteiger partial charge in [-0.25, -0.2) is 4.79 Å². The van der Waals surface area contributed by atoms with Crippen LogP contribution in [0.2, 0.25) is 0 Å².